The summed E-state index contributed by atoms with van der Waals surface area (Å²) in [6.45, 7) is 1.88. The Morgan fingerprint density at radius 1 is 1.23 bits per heavy atom. The van der Waals surface area contributed by atoms with Crippen LogP contribution in [0.2, 0.25) is 0 Å². The zero-order chi connectivity index (χ0) is 15.5. The topological polar surface area (TPSA) is 66.8 Å². The number of aliphatic carboxylic acids is 1. The Labute approximate surface area is 129 Å². The molecule has 1 saturated heterocycles. The molecule has 5 heteroatoms. The van der Waals surface area contributed by atoms with Crippen molar-refractivity contribution in [2.24, 2.45) is 5.92 Å². The minimum absolute atomic E-state index is 0.0474. The number of fused-ring (bicyclic) bond motifs is 1. The van der Waals surface area contributed by atoms with Crippen LogP contribution in [0.25, 0.3) is 0 Å². The van der Waals surface area contributed by atoms with Gasteiger partial charge in [0, 0.05) is 26.2 Å². The molecule has 1 aromatic rings. The minimum Gasteiger partial charge on any atom is -0.479 e. The third-order valence-electron chi connectivity index (χ3n) is 4.64. The van der Waals surface area contributed by atoms with E-state index >= 15 is 0 Å². The highest BCUT2D eigenvalue weighted by molar-refractivity contribution is 5.85. The molecule has 2 aliphatic heterocycles. The molecule has 2 aliphatic rings. The predicted octanol–water partition coefficient (Wildman–Crippen LogP) is 2.01. The Morgan fingerprint density at radius 2 is 1.95 bits per heavy atom. The Bertz CT molecular complexity index is 566. The number of carbonyl (C=O) groups is 2. The Kier molecular flexibility index (Phi) is 4.43. The summed E-state index contributed by atoms with van der Waals surface area (Å²) in [4.78, 5) is 25.9. The second-order valence-electron chi connectivity index (χ2n) is 6.04. The van der Waals surface area contributed by atoms with Gasteiger partial charge in [-0.25, -0.2) is 4.79 Å². The standard InChI is InChI=1S/C17H21NO4/c19-15(11-12-6-9-22-10-7-12)18-8-5-13-3-1-2-4-14(13)16(18)17(20)21/h1-4,12,16H,5-11H2,(H,20,21)/t16-/m0/s1. The number of rotatable bonds is 3. The van der Waals surface area contributed by atoms with Crippen molar-refractivity contribution in [3.63, 3.8) is 0 Å². The highest BCUT2D eigenvalue weighted by Crippen LogP contribution is 2.31. The highest BCUT2D eigenvalue weighted by Gasteiger charge is 2.36. The molecule has 5 nitrogen and oxygen atoms in total. The second-order valence-corrected chi connectivity index (χ2v) is 6.04. The summed E-state index contributed by atoms with van der Waals surface area (Å²) < 4.78 is 5.31. The summed E-state index contributed by atoms with van der Waals surface area (Å²) in [7, 11) is 0. The van der Waals surface area contributed by atoms with Crippen LogP contribution in [0.5, 0.6) is 0 Å². The van der Waals surface area contributed by atoms with Gasteiger partial charge in [0.15, 0.2) is 6.04 Å². The van der Waals surface area contributed by atoms with Crippen LogP contribution in [0.15, 0.2) is 24.3 Å². The van der Waals surface area contributed by atoms with Gasteiger partial charge in [0.25, 0.3) is 0 Å². The van der Waals surface area contributed by atoms with Gasteiger partial charge in [-0.2, -0.15) is 0 Å². The molecule has 1 aromatic carbocycles. The fourth-order valence-corrected chi connectivity index (χ4v) is 3.42. The van der Waals surface area contributed by atoms with Crippen LogP contribution >= 0.6 is 0 Å². The lowest BCUT2D eigenvalue weighted by molar-refractivity contribution is -0.152. The molecule has 0 unspecified atom stereocenters. The van der Waals surface area contributed by atoms with Crippen LogP contribution in [0.3, 0.4) is 0 Å². The van der Waals surface area contributed by atoms with Crippen molar-refractivity contribution in [1.82, 2.24) is 4.90 Å². The number of ether oxygens (including phenoxy) is 1. The molecule has 0 spiro atoms. The number of hydrogen-bond donors (Lipinski definition) is 1. The summed E-state index contributed by atoms with van der Waals surface area (Å²) in [6, 6.07) is 6.67. The van der Waals surface area contributed by atoms with Crippen molar-refractivity contribution in [2.75, 3.05) is 19.8 Å². The number of carboxylic acid groups (broad SMARTS) is 1. The molecule has 0 bridgehead atoms. The van der Waals surface area contributed by atoms with E-state index in [-0.39, 0.29) is 5.91 Å². The quantitative estimate of drug-likeness (QED) is 0.927. The van der Waals surface area contributed by atoms with Gasteiger partial charge in [-0.3, -0.25) is 4.79 Å². The van der Waals surface area contributed by atoms with Crippen molar-refractivity contribution in [3.05, 3.63) is 35.4 Å². The average molecular weight is 303 g/mol. The van der Waals surface area contributed by atoms with Crippen molar-refractivity contribution < 1.29 is 19.4 Å². The van der Waals surface area contributed by atoms with Crippen LogP contribution < -0.4 is 0 Å². The molecule has 1 amide bonds. The molecular weight excluding hydrogens is 282 g/mol. The van der Waals surface area contributed by atoms with E-state index in [1.807, 2.05) is 24.3 Å². The number of nitrogens with zero attached hydrogens (tertiary/aromatic N) is 1. The van der Waals surface area contributed by atoms with Crippen LogP contribution in [-0.4, -0.2) is 41.6 Å². The SMILES string of the molecule is O=C(O)[C@@H]1c2ccccc2CCN1C(=O)CC1CCOCC1. The first-order valence-electron chi connectivity index (χ1n) is 7.84. The van der Waals surface area contributed by atoms with E-state index in [0.717, 1.165) is 30.4 Å². The van der Waals surface area contributed by atoms with Gasteiger partial charge in [0.05, 0.1) is 0 Å². The first-order valence-corrected chi connectivity index (χ1v) is 7.84. The lowest BCUT2D eigenvalue weighted by Gasteiger charge is -2.36. The first kappa shape index (κ1) is 15.0. The van der Waals surface area contributed by atoms with Crippen molar-refractivity contribution in [3.8, 4) is 0 Å². The highest BCUT2D eigenvalue weighted by atomic mass is 16.5. The number of carbonyl (C=O) groups excluding carboxylic acids is 1. The summed E-state index contributed by atoms with van der Waals surface area (Å²) >= 11 is 0. The molecule has 0 saturated carbocycles. The fourth-order valence-electron chi connectivity index (χ4n) is 3.42. The van der Waals surface area contributed by atoms with Crippen molar-refractivity contribution in [2.45, 2.75) is 31.7 Å². The lowest BCUT2D eigenvalue weighted by atomic mass is 9.90. The van der Waals surface area contributed by atoms with E-state index in [1.54, 1.807) is 4.90 Å². The van der Waals surface area contributed by atoms with Crippen LogP contribution in [-0.2, 0) is 20.7 Å². The minimum atomic E-state index is -0.951. The maximum absolute atomic E-state index is 12.6. The number of hydrogen-bond acceptors (Lipinski definition) is 3. The number of benzene rings is 1. The molecule has 0 aromatic heterocycles. The molecule has 2 heterocycles. The fraction of sp³-hybridized carbons (Fsp3) is 0.529. The maximum atomic E-state index is 12.6. The van der Waals surface area contributed by atoms with E-state index in [1.165, 1.54) is 0 Å². The molecule has 1 N–H and O–H groups in total. The van der Waals surface area contributed by atoms with Crippen LogP contribution in [0, 0.1) is 5.92 Å². The summed E-state index contributed by atoms with van der Waals surface area (Å²) in [5, 5.41) is 9.60. The Hall–Kier alpha value is -1.88. The monoisotopic (exact) mass is 303 g/mol. The molecular formula is C17H21NO4. The molecule has 22 heavy (non-hydrogen) atoms. The maximum Gasteiger partial charge on any atom is 0.331 e. The van der Waals surface area contributed by atoms with E-state index in [2.05, 4.69) is 0 Å². The summed E-state index contributed by atoms with van der Waals surface area (Å²) in [5.74, 6) is -0.686. The first-order chi connectivity index (χ1) is 10.7. The van der Waals surface area contributed by atoms with Gasteiger partial charge in [-0.1, -0.05) is 24.3 Å². The van der Waals surface area contributed by atoms with Crippen molar-refractivity contribution in [1.29, 1.82) is 0 Å². The van der Waals surface area contributed by atoms with E-state index < -0.39 is 12.0 Å². The van der Waals surface area contributed by atoms with E-state index in [0.29, 0.717) is 32.1 Å². The van der Waals surface area contributed by atoms with Crippen LogP contribution in [0.4, 0.5) is 0 Å². The largest absolute Gasteiger partial charge is 0.479 e. The third kappa shape index (κ3) is 2.99. The van der Waals surface area contributed by atoms with Gasteiger partial charge in [0.2, 0.25) is 5.91 Å². The van der Waals surface area contributed by atoms with Gasteiger partial charge in [-0.15, -0.1) is 0 Å². The van der Waals surface area contributed by atoms with Gasteiger partial charge < -0.3 is 14.7 Å². The zero-order valence-corrected chi connectivity index (χ0v) is 12.5. The van der Waals surface area contributed by atoms with E-state index in [4.69, 9.17) is 4.74 Å². The predicted molar refractivity (Wildman–Crippen MR) is 80.4 cm³/mol. The van der Waals surface area contributed by atoms with Gasteiger partial charge in [-0.05, 0) is 36.3 Å². The average Bonchev–Trinajstić information content (AvgIpc) is 2.54. The summed E-state index contributed by atoms with van der Waals surface area (Å²) in [6.07, 6.45) is 2.91. The number of amides is 1. The van der Waals surface area contributed by atoms with E-state index in [9.17, 15) is 14.7 Å². The van der Waals surface area contributed by atoms with Crippen LogP contribution in [0.1, 0.15) is 36.4 Å². The molecule has 0 aliphatic carbocycles. The van der Waals surface area contributed by atoms with Crippen molar-refractivity contribution >= 4 is 11.9 Å². The third-order valence-corrected chi connectivity index (χ3v) is 4.64. The Balaban J connectivity index is 1.77. The molecule has 3 rings (SSSR count). The molecule has 1 atom stereocenters. The zero-order valence-electron chi connectivity index (χ0n) is 12.5. The summed E-state index contributed by atoms with van der Waals surface area (Å²) in [5.41, 5.74) is 1.78. The molecule has 118 valence electrons. The normalized spacial score (nSPS) is 22.2. The lowest BCUT2D eigenvalue weighted by Crippen LogP contribution is -2.44. The van der Waals surface area contributed by atoms with Gasteiger partial charge in [0.1, 0.15) is 0 Å². The molecule has 1 fully saturated rings. The Morgan fingerprint density at radius 3 is 2.68 bits per heavy atom. The second kappa shape index (κ2) is 6.48. The molecule has 0 radical (unpaired) electrons. The number of carboxylic acids is 1. The van der Waals surface area contributed by atoms with Gasteiger partial charge >= 0.3 is 5.97 Å². The smallest absolute Gasteiger partial charge is 0.331 e.